The number of methoxy groups -OCH3 is 2. The average molecular weight is 649 g/mol. The molecule has 2 aromatic heterocycles. The minimum atomic E-state index is -4.77. The molecule has 4 aromatic rings. The maximum atomic E-state index is 12.9. The van der Waals surface area contributed by atoms with Crippen LogP contribution in [0.3, 0.4) is 0 Å². The number of benzene rings is 2. The van der Waals surface area contributed by atoms with Crippen molar-refractivity contribution >= 4 is 20.6 Å². The summed E-state index contributed by atoms with van der Waals surface area (Å²) >= 11 is 0. The van der Waals surface area contributed by atoms with Gasteiger partial charge in [-0.2, -0.15) is 26.3 Å². The van der Waals surface area contributed by atoms with Gasteiger partial charge in [0, 0.05) is 23.6 Å². The fraction of sp³-hybridized carbons (Fsp3) is 0.231. The van der Waals surface area contributed by atoms with Crippen molar-refractivity contribution in [2.45, 2.75) is 22.7 Å². The molecule has 0 bridgehead atoms. The number of hydrogen-bond acceptors (Lipinski definition) is 9. The molecule has 0 N–H and O–H groups in total. The molecule has 2 heterocycles. The van der Waals surface area contributed by atoms with Gasteiger partial charge in [-0.15, -0.1) is 0 Å². The zero-order valence-electron chi connectivity index (χ0n) is 22.7. The summed E-state index contributed by atoms with van der Waals surface area (Å²) < 4.78 is 121. The molecular weight excluding hydrogens is 626 g/mol. The third-order valence-electron chi connectivity index (χ3n) is 5.35. The maximum absolute atomic E-state index is 12.9. The largest absolute Gasteiger partial charge is 0.497 e. The summed E-state index contributed by atoms with van der Waals surface area (Å²) in [6.45, 7) is 0. The van der Waals surface area contributed by atoms with Crippen LogP contribution in [0.2, 0.25) is 0 Å². The van der Waals surface area contributed by atoms with Crippen LogP contribution in [0.1, 0.15) is 11.4 Å². The van der Waals surface area contributed by atoms with Crippen LogP contribution >= 0.6 is 0 Å². The minimum absolute atomic E-state index is 0.0604. The van der Waals surface area contributed by atoms with Gasteiger partial charge in [-0.3, -0.25) is 4.21 Å². The summed E-state index contributed by atoms with van der Waals surface area (Å²) in [4.78, 5) is 14.0. The van der Waals surface area contributed by atoms with E-state index in [1.54, 1.807) is 24.3 Å². The smallest absolute Gasteiger partial charge is 0.433 e. The number of nitrogens with zero attached hydrogens (tertiary/aromatic N) is 4. The molecule has 0 aliphatic rings. The predicted molar refractivity (Wildman–Crippen MR) is 143 cm³/mol. The van der Waals surface area contributed by atoms with E-state index in [9.17, 15) is 39.0 Å². The molecule has 17 heteroatoms. The van der Waals surface area contributed by atoms with E-state index < -0.39 is 49.5 Å². The molecule has 9 nitrogen and oxygen atoms in total. The van der Waals surface area contributed by atoms with E-state index in [-0.39, 0.29) is 16.5 Å². The molecule has 4 rings (SSSR count). The first kappa shape index (κ1) is 33.4. The predicted octanol–water partition coefficient (Wildman–Crippen LogP) is 5.48. The number of hydrogen-bond donors (Lipinski definition) is 0. The highest BCUT2D eigenvalue weighted by atomic mass is 32.2. The van der Waals surface area contributed by atoms with Gasteiger partial charge in [0.1, 0.15) is 22.9 Å². The zero-order valence-corrected chi connectivity index (χ0v) is 24.3. The van der Waals surface area contributed by atoms with Gasteiger partial charge in [0.2, 0.25) is 20.2 Å². The first-order valence-electron chi connectivity index (χ1n) is 11.7. The van der Waals surface area contributed by atoms with E-state index in [1.165, 1.54) is 44.7 Å². The van der Waals surface area contributed by atoms with Crippen molar-refractivity contribution < 1.29 is 48.4 Å². The van der Waals surface area contributed by atoms with Crippen molar-refractivity contribution in [1.82, 2.24) is 19.9 Å². The summed E-state index contributed by atoms with van der Waals surface area (Å²) in [5, 5.41) is -1.22. The number of ether oxygens (including phenoxy) is 2. The van der Waals surface area contributed by atoms with Crippen LogP contribution in [0.25, 0.3) is 22.5 Å². The van der Waals surface area contributed by atoms with Crippen molar-refractivity contribution in [2.75, 3.05) is 26.7 Å². The van der Waals surface area contributed by atoms with Crippen molar-refractivity contribution in [1.29, 1.82) is 0 Å². The first-order valence-corrected chi connectivity index (χ1v) is 15.1. The Bertz CT molecular complexity index is 1710. The summed E-state index contributed by atoms with van der Waals surface area (Å²) in [5.41, 5.74) is -1.73. The zero-order chi connectivity index (χ0) is 32.2. The second kappa shape index (κ2) is 13.0. The molecular formula is C26H22F6N4O5S2. The highest BCUT2D eigenvalue weighted by molar-refractivity contribution is 7.90. The Hall–Kier alpha value is -4.12. The molecule has 0 aliphatic carbocycles. The van der Waals surface area contributed by atoms with Crippen molar-refractivity contribution in [3.63, 3.8) is 0 Å². The SMILES string of the molecule is COc1ccc(-c2cc(C(F)(F)F)nc(S(C)(=O)=O)n2)cc1.COc1ccc(-c2cc(C(F)(F)F)nc(S(C)=O)n2)cc1. The molecule has 0 spiro atoms. The van der Waals surface area contributed by atoms with Crippen LogP contribution in [0.4, 0.5) is 26.3 Å². The number of halogens is 6. The summed E-state index contributed by atoms with van der Waals surface area (Å²) in [6, 6.07) is 13.9. The highest BCUT2D eigenvalue weighted by Crippen LogP contribution is 2.32. The average Bonchev–Trinajstić information content (AvgIpc) is 2.95. The fourth-order valence-corrected chi connectivity index (χ4v) is 4.24. The van der Waals surface area contributed by atoms with E-state index in [0.29, 0.717) is 28.7 Å². The fourth-order valence-electron chi connectivity index (χ4n) is 3.25. The Morgan fingerprint density at radius 2 is 1.07 bits per heavy atom. The molecule has 0 saturated carbocycles. The summed E-state index contributed by atoms with van der Waals surface area (Å²) in [7, 11) is -2.75. The lowest BCUT2D eigenvalue weighted by atomic mass is 10.1. The molecule has 2 aromatic carbocycles. The summed E-state index contributed by atoms with van der Waals surface area (Å²) in [5.74, 6) is 1.08. The molecule has 0 aliphatic heterocycles. The van der Waals surface area contributed by atoms with Gasteiger partial charge in [0.25, 0.3) is 0 Å². The molecule has 43 heavy (non-hydrogen) atoms. The normalized spacial score (nSPS) is 12.6. The van der Waals surface area contributed by atoms with Crippen LogP contribution < -0.4 is 9.47 Å². The first-order chi connectivity index (χ1) is 19.9. The lowest BCUT2D eigenvalue weighted by Crippen LogP contribution is -2.14. The van der Waals surface area contributed by atoms with Crippen molar-refractivity contribution in [2.24, 2.45) is 0 Å². The quantitative estimate of drug-likeness (QED) is 0.198. The highest BCUT2D eigenvalue weighted by Gasteiger charge is 2.35. The van der Waals surface area contributed by atoms with Crippen LogP contribution in [0, 0.1) is 0 Å². The minimum Gasteiger partial charge on any atom is -0.497 e. The van der Waals surface area contributed by atoms with Crippen LogP contribution in [0.15, 0.2) is 71.0 Å². The van der Waals surface area contributed by atoms with E-state index in [1.807, 2.05) is 0 Å². The van der Waals surface area contributed by atoms with Gasteiger partial charge in [-0.1, -0.05) is 0 Å². The van der Waals surface area contributed by atoms with Gasteiger partial charge < -0.3 is 9.47 Å². The standard InChI is InChI=1S/C13H11F3N2O3S.C13H11F3N2O2S/c1-21-9-5-3-8(4-6-9)10-7-11(13(14,15)16)18-12(17-10)22(2,19)20;1-20-9-5-3-8(4-6-9)10-7-11(13(14,15)16)18-12(17-10)21(2)19/h3-7H,1-2H3;3-7H,1-2H3. The van der Waals surface area contributed by atoms with E-state index in [0.717, 1.165) is 12.3 Å². The molecule has 230 valence electrons. The van der Waals surface area contributed by atoms with Gasteiger partial charge in [-0.05, 0) is 60.7 Å². The third-order valence-corrected chi connectivity index (χ3v) is 6.90. The van der Waals surface area contributed by atoms with E-state index in [4.69, 9.17) is 9.47 Å². The molecule has 0 saturated heterocycles. The van der Waals surface area contributed by atoms with Gasteiger partial charge in [0.15, 0.2) is 0 Å². The lowest BCUT2D eigenvalue weighted by molar-refractivity contribution is -0.142. The summed E-state index contributed by atoms with van der Waals surface area (Å²) in [6.07, 6.45) is -7.42. The maximum Gasteiger partial charge on any atom is 0.433 e. The topological polar surface area (TPSA) is 121 Å². The Labute approximate surface area is 244 Å². The van der Waals surface area contributed by atoms with E-state index >= 15 is 0 Å². The molecule has 0 radical (unpaired) electrons. The Balaban J connectivity index is 0.000000236. The lowest BCUT2D eigenvalue weighted by Gasteiger charge is -2.10. The van der Waals surface area contributed by atoms with Gasteiger partial charge in [0.05, 0.1) is 36.4 Å². The number of sulfone groups is 1. The Morgan fingerprint density at radius 3 is 1.42 bits per heavy atom. The second-order valence-electron chi connectivity index (χ2n) is 8.52. The number of alkyl halides is 6. The number of aromatic nitrogens is 4. The molecule has 1 unspecified atom stereocenters. The molecule has 1 atom stereocenters. The van der Waals surface area contributed by atoms with Gasteiger partial charge >= 0.3 is 12.4 Å². The van der Waals surface area contributed by atoms with Crippen LogP contribution in [-0.2, 0) is 33.0 Å². The Morgan fingerprint density at radius 1 is 0.674 bits per heavy atom. The van der Waals surface area contributed by atoms with Crippen LogP contribution in [0.5, 0.6) is 11.5 Å². The van der Waals surface area contributed by atoms with Gasteiger partial charge in [-0.25, -0.2) is 28.4 Å². The van der Waals surface area contributed by atoms with E-state index in [2.05, 4.69) is 19.9 Å². The van der Waals surface area contributed by atoms with Crippen LogP contribution in [-0.4, -0.2) is 59.3 Å². The number of rotatable bonds is 6. The second-order valence-corrected chi connectivity index (χ2v) is 11.7. The Kier molecular flexibility index (Phi) is 10.1. The molecule has 0 fully saturated rings. The molecule has 0 amide bonds. The van der Waals surface area contributed by atoms with Crippen molar-refractivity contribution in [3.8, 4) is 34.0 Å². The third kappa shape index (κ3) is 8.93. The monoisotopic (exact) mass is 648 g/mol. The van der Waals surface area contributed by atoms with Crippen molar-refractivity contribution in [3.05, 3.63) is 72.1 Å².